The van der Waals surface area contributed by atoms with Crippen LogP contribution in [0.5, 0.6) is 0 Å². The Morgan fingerprint density at radius 3 is 2.92 bits per heavy atom. The van der Waals surface area contributed by atoms with E-state index in [1.165, 1.54) is 0 Å². The fourth-order valence-electron chi connectivity index (χ4n) is 0.906. The molecule has 1 atom stereocenters. The molecule has 1 rings (SSSR count). The average molecular weight is 171 g/mol. The number of piperazine rings is 1. The van der Waals surface area contributed by atoms with E-state index >= 15 is 0 Å². The second-order valence-electron chi connectivity index (χ2n) is 2.58. The van der Waals surface area contributed by atoms with E-state index in [1.807, 2.05) is 6.92 Å². The van der Waals surface area contributed by atoms with Gasteiger partial charge in [0.15, 0.2) is 5.70 Å². The lowest BCUT2D eigenvalue weighted by atomic mass is 10.2. The van der Waals surface area contributed by atoms with E-state index in [9.17, 15) is 14.9 Å². The largest absolute Gasteiger partial charge is 0.373 e. The van der Waals surface area contributed by atoms with Crippen molar-refractivity contribution in [1.29, 1.82) is 0 Å². The molecule has 1 fully saturated rings. The summed E-state index contributed by atoms with van der Waals surface area (Å²) in [7, 11) is 0. The van der Waals surface area contributed by atoms with Crippen LogP contribution in [-0.4, -0.2) is 23.4 Å². The number of nitrogens with zero attached hydrogens (tertiary/aromatic N) is 1. The van der Waals surface area contributed by atoms with Crippen LogP contribution in [-0.2, 0) is 4.79 Å². The number of amides is 1. The van der Waals surface area contributed by atoms with Crippen LogP contribution < -0.4 is 10.6 Å². The lowest BCUT2D eigenvalue weighted by Gasteiger charge is -2.21. The molecule has 0 aromatic carbocycles. The molecule has 12 heavy (non-hydrogen) atoms. The maximum atomic E-state index is 11.0. The summed E-state index contributed by atoms with van der Waals surface area (Å²) in [6.45, 7) is 2.33. The second kappa shape index (κ2) is 3.21. The Morgan fingerprint density at radius 1 is 1.75 bits per heavy atom. The lowest BCUT2D eigenvalue weighted by molar-refractivity contribution is -0.403. The molecule has 0 saturated carbocycles. The SMILES string of the molecule is CC1CN/C(=C\[N+](=O)[O-])C(=O)N1. The number of carbonyl (C=O) groups is 1. The molecule has 1 amide bonds. The highest BCUT2D eigenvalue weighted by Gasteiger charge is 2.21. The first-order valence-corrected chi connectivity index (χ1v) is 3.49. The van der Waals surface area contributed by atoms with Crippen LogP contribution in [0.4, 0.5) is 0 Å². The van der Waals surface area contributed by atoms with Crippen LogP contribution in [0, 0.1) is 10.1 Å². The van der Waals surface area contributed by atoms with Crippen LogP contribution in [0.15, 0.2) is 11.9 Å². The smallest absolute Gasteiger partial charge is 0.274 e. The molecule has 1 unspecified atom stereocenters. The van der Waals surface area contributed by atoms with Gasteiger partial charge in [0.25, 0.3) is 12.1 Å². The topological polar surface area (TPSA) is 84.3 Å². The highest BCUT2D eigenvalue weighted by molar-refractivity contribution is 5.93. The fourth-order valence-corrected chi connectivity index (χ4v) is 0.906. The van der Waals surface area contributed by atoms with Gasteiger partial charge in [-0.3, -0.25) is 14.9 Å². The summed E-state index contributed by atoms with van der Waals surface area (Å²) < 4.78 is 0. The Hall–Kier alpha value is -1.59. The summed E-state index contributed by atoms with van der Waals surface area (Å²) in [4.78, 5) is 20.3. The van der Waals surface area contributed by atoms with Gasteiger partial charge >= 0.3 is 0 Å². The standard InChI is InChI=1S/C6H9N3O3/c1-4-2-7-5(3-9(11)12)6(10)8-4/h3-4,7H,2H2,1H3,(H,8,10)/b5-3-. The summed E-state index contributed by atoms with van der Waals surface area (Å²) in [6.07, 6.45) is 0.668. The second-order valence-corrected chi connectivity index (χ2v) is 2.58. The van der Waals surface area contributed by atoms with Crippen molar-refractivity contribution in [3.63, 3.8) is 0 Å². The highest BCUT2D eigenvalue weighted by atomic mass is 16.6. The van der Waals surface area contributed by atoms with Gasteiger partial charge in [0.05, 0.1) is 4.92 Å². The highest BCUT2D eigenvalue weighted by Crippen LogP contribution is 1.97. The zero-order chi connectivity index (χ0) is 9.14. The summed E-state index contributed by atoms with van der Waals surface area (Å²) in [5.74, 6) is -0.426. The molecule has 1 saturated heterocycles. The molecule has 0 aromatic heterocycles. The molecule has 1 aliphatic rings. The van der Waals surface area contributed by atoms with Crippen LogP contribution in [0.1, 0.15) is 6.92 Å². The van der Waals surface area contributed by atoms with Crippen molar-refractivity contribution in [3.8, 4) is 0 Å². The number of carbonyl (C=O) groups excluding carboxylic acids is 1. The maximum Gasteiger partial charge on any atom is 0.274 e. The number of nitrogens with one attached hydrogen (secondary N) is 2. The Morgan fingerprint density at radius 2 is 2.42 bits per heavy atom. The third-order valence-electron chi connectivity index (χ3n) is 1.46. The number of nitro groups is 1. The molecular weight excluding hydrogens is 162 g/mol. The molecule has 0 aliphatic carbocycles. The Labute approximate surface area is 68.8 Å². The third-order valence-corrected chi connectivity index (χ3v) is 1.46. The molecule has 0 spiro atoms. The third kappa shape index (κ3) is 1.94. The Bertz CT molecular complexity index is 248. The first-order valence-electron chi connectivity index (χ1n) is 3.49. The van der Waals surface area contributed by atoms with Gasteiger partial charge in [-0.25, -0.2) is 0 Å². The van der Waals surface area contributed by atoms with Gasteiger partial charge in [-0.2, -0.15) is 0 Å². The monoisotopic (exact) mass is 171 g/mol. The van der Waals surface area contributed by atoms with Gasteiger partial charge in [-0.1, -0.05) is 0 Å². The van der Waals surface area contributed by atoms with Gasteiger partial charge in [-0.15, -0.1) is 0 Å². The molecular formula is C6H9N3O3. The van der Waals surface area contributed by atoms with E-state index in [0.717, 1.165) is 0 Å². The molecule has 1 heterocycles. The van der Waals surface area contributed by atoms with Crippen molar-refractivity contribution >= 4 is 5.91 Å². The summed E-state index contributed by atoms with van der Waals surface area (Å²) in [5, 5.41) is 15.2. The van der Waals surface area contributed by atoms with Crippen molar-refractivity contribution in [1.82, 2.24) is 10.6 Å². The number of hydrogen-bond donors (Lipinski definition) is 2. The predicted molar refractivity (Wildman–Crippen MR) is 40.7 cm³/mol. The van der Waals surface area contributed by atoms with Crippen molar-refractivity contribution in [3.05, 3.63) is 22.0 Å². The predicted octanol–water partition coefficient (Wildman–Crippen LogP) is -0.788. The molecule has 0 aromatic rings. The minimum atomic E-state index is -0.655. The fraction of sp³-hybridized carbons (Fsp3) is 0.500. The summed E-state index contributed by atoms with van der Waals surface area (Å²) in [5.41, 5.74) is 0.0121. The summed E-state index contributed by atoms with van der Waals surface area (Å²) in [6, 6.07) is 0.0152. The number of hydrogen-bond acceptors (Lipinski definition) is 4. The van der Waals surface area contributed by atoms with Crippen LogP contribution in [0.2, 0.25) is 0 Å². The first-order chi connectivity index (χ1) is 5.59. The van der Waals surface area contributed by atoms with Gasteiger partial charge in [0.2, 0.25) is 0 Å². The molecule has 1 aliphatic heterocycles. The van der Waals surface area contributed by atoms with Crippen molar-refractivity contribution in [2.45, 2.75) is 13.0 Å². The molecule has 0 radical (unpaired) electrons. The Kier molecular flexibility index (Phi) is 2.27. The molecule has 2 N–H and O–H groups in total. The van der Waals surface area contributed by atoms with Crippen LogP contribution >= 0.6 is 0 Å². The van der Waals surface area contributed by atoms with Crippen molar-refractivity contribution < 1.29 is 9.72 Å². The quantitative estimate of drug-likeness (QED) is 0.307. The molecule has 0 bridgehead atoms. The minimum absolute atomic E-state index is 0.0121. The van der Waals surface area contributed by atoms with E-state index in [1.54, 1.807) is 0 Å². The average Bonchev–Trinajstić information content (AvgIpc) is 1.94. The number of rotatable bonds is 1. The zero-order valence-electron chi connectivity index (χ0n) is 6.53. The zero-order valence-corrected chi connectivity index (χ0v) is 6.53. The molecule has 66 valence electrons. The first kappa shape index (κ1) is 8.51. The summed E-state index contributed by atoms with van der Waals surface area (Å²) >= 11 is 0. The van der Waals surface area contributed by atoms with E-state index in [4.69, 9.17) is 0 Å². The molecule has 6 heteroatoms. The lowest BCUT2D eigenvalue weighted by Crippen LogP contribution is -2.49. The van der Waals surface area contributed by atoms with Gasteiger partial charge < -0.3 is 10.6 Å². The molecule has 6 nitrogen and oxygen atoms in total. The van der Waals surface area contributed by atoms with E-state index in [-0.39, 0.29) is 11.7 Å². The van der Waals surface area contributed by atoms with Crippen molar-refractivity contribution in [2.24, 2.45) is 0 Å². The van der Waals surface area contributed by atoms with Crippen LogP contribution in [0.3, 0.4) is 0 Å². The van der Waals surface area contributed by atoms with Gasteiger partial charge in [-0.05, 0) is 6.92 Å². The van der Waals surface area contributed by atoms with E-state index in [0.29, 0.717) is 12.7 Å². The van der Waals surface area contributed by atoms with Crippen LogP contribution in [0.25, 0.3) is 0 Å². The normalized spacial score (nSPS) is 26.2. The van der Waals surface area contributed by atoms with Gasteiger partial charge in [0, 0.05) is 12.6 Å². The maximum absolute atomic E-state index is 11.0. The minimum Gasteiger partial charge on any atom is -0.373 e. The van der Waals surface area contributed by atoms with Gasteiger partial charge in [0.1, 0.15) is 0 Å². The Balaban J connectivity index is 2.69. The van der Waals surface area contributed by atoms with E-state index < -0.39 is 10.8 Å². The van der Waals surface area contributed by atoms with Crippen molar-refractivity contribution in [2.75, 3.05) is 6.54 Å². The van der Waals surface area contributed by atoms with E-state index in [2.05, 4.69) is 10.6 Å².